The SMILES string of the molecule is CC(C)N(C)S(=O)(=O)NCc1ccn[nH]1. The van der Waals surface area contributed by atoms with E-state index in [9.17, 15) is 8.42 Å². The summed E-state index contributed by atoms with van der Waals surface area (Å²) in [5.74, 6) is 0. The van der Waals surface area contributed by atoms with Crippen LogP contribution < -0.4 is 4.72 Å². The van der Waals surface area contributed by atoms with Crippen molar-refractivity contribution in [3.05, 3.63) is 18.0 Å². The minimum Gasteiger partial charge on any atom is -0.281 e. The lowest BCUT2D eigenvalue weighted by Gasteiger charge is -2.20. The summed E-state index contributed by atoms with van der Waals surface area (Å²) in [6.07, 6.45) is 1.58. The van der Waals surface area contributed by atoms with Gasteiger partial charge in [0.1, 0.15) is 0 Å². The van der Waals surface area contributed by atoms with Gasteiger partial charge in [-0.25, -0.2) is 0 Å². The third-order valence-corrected chi connectivity index (χ3v) is 3.80. The Morgan fingerprint density at radius 1 is 1.60 bits per heavy atom. The maximum Gasteiger partial charge on any atom is 0.279 e. The smallest absolute Gasteiger partial charge is 0.279 e. The van der Waals surface area contributed by atoms with E-state index < -0.39 is 10.2 Å². The zero-order valence-electron chi connectivity index (χ0n) is 9.06. The molecule has 0 spiro atoms. The topological polar surface area (TPSA) is 78.1 Å². The molecule has 0 radical (unpaired) electrons. The monoisotopic (exact) mass is 232 g/mol. The van der Waals surface area contributed by atoms with Crippen LogP contribution in [-0.4, -0.2) is 36.0 Å². The molecule has 0 saturated heterocycles. The van der Waals surface area contributed by atoms with Crippen LogP contribution in [0.4, 0.5) is 0 Å². The first kappa shape index (κ1) is 12.2. The van der Waals surface area contributed by atoms with E-state index in [0.717, 1.165) is 5.69 Å². The second kappa shape index (κ2) is 4.73. The van der Waals surface area contributed by atoms with Crippen LogP contribution in [0.3, 0.4) is 0 Å². The Morgan fingerprint density at radius 2 is 2.27 bits per heavy atom. The fourth-order valence-electron chi connectivity index (χ4n) is 0.931. The number of hydrogen-bond donors (Lipinski definition) is 2. The van der Waals surface area contributed by atoms with Crippen molar-refractivity contribution in [2.24, 2.45) is 0 Å². The Morgan fingerprint density at radius 3 is 2.73 bits per heavy atom. The quantitative estimate of drug-likeness (QED) is 0.755. The van der Waals surface area contributed by atoms with Crippen molar-refractivity contribution < 1.29 is 8.42 Å². The molecule has 1 aromatic rings. The summed E-state index contributed by atoms with van der Waals surface area (Å²) >= 11 is 0. The lowest BCUT2D eigenvalue weighted by Crippen LogP contribution is -2.41. The summed E-state index contributed by atoms with van der Waals surface area (Å²) in [7, 11) is -1.86. The van der Waals surface area contributed by atoms with E-state index in [4.69, 9.17) is 0 Å². The number of nitrogens with one attached hydrogen (secondary N) is 2. The standard InChI is InChI=1S/C8H16N4O2S/c1-7(2)12(3)15(13,14)10-6-8-4-5-9-11-8/h4-5,7,10H,6H2,1-3H3,(H,9,11). The van der Waals surface area contributed by atoms with Gasteiger partial charge >= 0.3 is 0 Å². The molecule has 0 saturated carbocycles. The predicted octanol–water partition coefficient (Wildman–Crippen LogP) is 0.0843. The van der Waals surface area contributed by atoms with Crippen molar-refractivity contribution in [2.45, 2.75) is 26.4 Å². The number of H-pyrrole nitrogens is 1. The molecule has 0 aliphatic rings. The first-order valence-corrected chi connectivity index (χ1v) is 6.08. The van der Waals surface area contributed by atoms with Gasteiger partial charge in [0.05, 0.1) is 12.2 Å². The lowest BCUT2D eigenvalue weighted by molar-refractivity contribution is 0.402. The maximum absolute atomic E-state index is 11.6. The van der Waals surface area contributed by atoms with Crippen LogP contribution in [0.2, 0.25) is 0 Å². The number of hydrogen-bond acceptors (Lipinski definition) is 3. The largest absolute Gasteiger partial charge is 0.281 e. The molecule has 0 atom stereocenters. The average Bonchev–Trinajstić information content (AvgIpc) is 2.66. The van der Waals surface area contributed by atoms with Crippen molar-refractivity contribution in [2.75, 3.05) is 7.05 Å². The van der Waals surface area contributed by atoms with Crippen molar-refractivity contribution >= 4 is 10.2 Å². The van der Waals surface area contributed by atoms with Crippen LogP contribution in [0.25, 0.3) is 0 Å². The molecule has 0 aliphatic heterocycles. The molecule has 86 valence electrons. The first-order valence-electron chi connectivity index (χ1n) is 4.64. The first-order chi connectivity index (χ1) is 6.93. The van der Waals surface area contributed by atoms with Gasteiger partial charge in [-0.3, -0.25) is 5.10 Å². The second-order valence-corrected chi connectivity index (χ2v) is 5.33. The van der Waals surface area contributed by atoms with Crippen molar-refractivity contribution in [3.8, 4) is 0 Å². The number of nitrogens with zero attached hydrogens (tertiary/aromatic N) is 2. The summed E-state index contributed by atoms with van der Waals surface area (Å²) in [6, 6.07) is 1.65. The molecule has 0 bridgehead atoms. The highest BCUT2D eigenvalue weighted by Crippen LogP contribution is 2.01. The number of aromatic nitrogens is 2. The molecule has 7 heteroatoms. The van der Waals surface area contributed by atoms with Gasteiger partial charge in [0.15, 0.2) is 0 Å². The van der Waals surface area contributed by atoms with Gasteiger partial charge in [-0.15, -0.1) is 0 Å². The van der Waals surface area contributed by atoms with Gasteiger partial charge in [0, 0.05) is 19.3 Å². The third kappa shape index (κ3) is 3.29. The summed E-state index contributed by atoms with van der Waals surface area (Å²) in [5.41, 5.74) is 0.732. The van der Waals surface area contributed by atoms with Crippen LogP contribution in [0.5, 0.6) is 0 Å². The van der Waals surface area contributed by atoms with Crippen molar-refractivity contribution in [3.63, 3.8) is 0 Å². The minimum atomic E-state index is -3.40. The van der Waals surface area contributed by atoms with E-state index in [-0.39, 0.29) is 12.6 Å². The van der Waals surface area contributed by atoms with E-state index >= 15 is 0 Å². The van der Waals surface area contributed by atoms with E-state index in [2.05, 4.69) is 14.9 Å². The fraction of sp³-hybridized carbons (Fsp3) is 0.625. The summed E-state index contributed by atoms with van der Waals surface area (Å²) in [4.78, 5) is 0. The molecule has 1 heterocycles. The Balaban J connectivity index is 2.58. The summed E-state index contributed by atoms with van der Waals surface area (Å²) in [5, 5.41) is 6.41. The lowest BCUT2D eigenvalue weighted by atomic mass is 10.4. The molecule has 6 nitrogen and oxygen atoms in total. The van der Waals surface area contributed by atoms with Crippen LogP contribution in [0, 0.1) is 0 Å². The summed E-state index contributed by atoms with van der Waals surface area (Å²) < 4.78 is 27.0. The van der Waals surface area contributed by atoms with Crippen molar-refractivity contribution in [1.29, 1.82) is 0 Å². The number of aromatic amines is 1. The van der Waals surface area contributed by atoms with Gasteiger partial charge in [-0.2, -0.15) is 22.5 Å². The Labute approximate surface area is 89.9 Å². The third-order valence-electron chi connectivity index (χ3n) is 2.11. The van der Waals surface area contributed by atoms with E-state index in [0.29, 0.717) is 0 Å². The molecule has 0 unspecified atom stereocenters. The Bertz CT molecular complexity index is 385. The van der Waals surface area contributed by atoms with Crippen LogP contribution >= 0.6 is 0 Å². The van der Waals surface area contributed by atoms with Crippen LogP contribution in [0.1, 0.15) is 19.5 Å². The van der Waals surface area contributed by atoms with Crippen LogP contribution in [0.15, 0.2) is 12.3 Å². The zero-order chi connectivity index (χ0) is 11.5. The molecular weight excluding hydrogens is 216 g/mol. The number of rotatable bonds is 5. The average molecular weight is 232 g/mol. The van der Waals surface area contributed by atoms with Gasteiger partial charge in [0.2, 0.25) is 0 Å². The summed E-state index contributed by atoms with van der Waals surface area (Å²) in [6.45, 7) is 3.85. The molecule has 15 heavy (non-hydrogen) atoms. The fourth-order valence-corrected chi connectivity index (χ4v) is 2.03. The molecule has 1 aromatic heterocycles. The Hall–Kier alpha value is -0.920. The van der Waals surface area contributed by atoms with Crippen molar-refractivity contribution in [1.82, 2.24) is 19.2 Å². The zero-order valence-corrected chi connectivity index (χ0v) is 9.87. The molecule has 2 N–H and O–H groups in total. The molecule has 0 aromatic carbocycles. The molecule has 1 rings (SSSR count). The highest BCUT2D eigenvalue weighted by atomic mass is 32.2. The van der Waals surface area contributed by atoms with Gasteiger partial charge in [-0.1, -0.05) is 0 Å². The second-order valence-electron chi connectivity index (χ2n) is 3.52. The minimum absolute atomic E-state index is 0.0655. The molecule has 0 amide bonds. The molecule has 0 fully saturated rings. The predicted molar refractivity (Wildman–Crippen MR) is 57.2 cm³/mol. The molecule has 0 aliphatic carbocycles. The van der Waals surface area contributed by atoms with E-state index in [1.54, 1.807) is 19.3 Å². The highest BCUT2D eigenvalue weighted by Gasteiger charge is 2.19. The molecular formula is C8H16N4O2S. The highest BCUT2D eigenvalue weighted by molar-refractivity contribution is 7.87. The van der Waals surface area contributed by atoms with Gasteiger partial charge < -0.3 is 0 Å². The van der Waals surface area contributed by atoms with Gasteiger partial charge in [0.25, 0.3) is 10.2 Å². The normalized spacial score (nSPS) is 12.6. The maximum atomic E-state index is 11.6. The van der Waals surface area contributed by atoms with E-state index in [1.165, 1.54) is 4.31 Å². The Kier molecular flexibility index (Phi) is 3.83. The van der Waals surface area contributed by atoms with Gasteiger partial charge in [-0.05, 0) is 19.9 Å². The van der Waals surface area contributed by atoms with Crippen LogP contribution in [-0.2, 0) is 16.8 Å². The van der Waals surface area contributed by atoms with E-state index in [1.807, 2.05) is 13.8 Å².